The number of anilines is 1. The topological polar surface area (TPSA) is 41.1 Å². The van der Waals surface area contributed by atoms with Gasteiger partial charge in [0.2, 0.25) is 5.91 Å². The van der Waals surface area contributed by atoms with Gasteiger partial charge in [-0.15, -0.1) is 0 Å². The van der Waals surface area contributed by atoms with Gasteiger partial charge in [0.15, 0.2) is 0 Å². The van der Waals surface area contributed by atoms with Crippen LogP contribution in [0.4, 0.5) is 23.2 Å². The predicted molar refractivity (Wildman–Crippen MR) is 63.9 cm³/mol. The Balaban J connectivity index is 2.34. The zero-order valence-corrected chi connectivity index (χ0v) is 10.4. The summed E-state index contributed by atoms with van der Waals surface area (Å²) in [4.78, 5) is 11.3. The lowest BCUT2D eigenvalue weighted by Crippen LogP contribution is -2.41. The fourth-order valence-corrected chi connectivity index (χ4v) is 1.28. The maximum absolute atomic E-state index is 12.5. The third-order valence-electron chi connectivity index (χ3n) is 2.09. The first-order chi connectivity index (χ1) is 8.81. The van der Waals surface area contributed by atoms with Gasteiger partial charge in [-0.05, 0) is 24.3 Å². The summed E-state index contributed by atoms with van der Waals surface area (Å²) in [5.74, 6) is -4.77. The second kappa shape index (κ2) is 6.72. The van der Waals surface area contributed by atoms with E-state index in [0.717, 1.165) is 0 Å². The highest BCUT2D eigenvalue weighted by Gasteiger charge is 2.40. The van der Waals surface area contributed by atoms with Crippen molar-refractivity contribution in [3.8, 4) is 0 Å². The first kappa shape index (κ1) is 15.7. The molecule has 0 atom stereocenters. The average Bonchev–Trinajstić information content (AvgIpc) is 2.31. The van der Waals surface area contributed by atoms with Gasteiger partial charge < -0.3 is 10.6 Å². The molecule has 0 aliphatic heterocycles. The largest absolute Gasteiger partial charge is 0.325 e. The van der Waals surface area contributed by atoms with Crippen molar-refractivity contribution < 1.29 is 22.4 Å². The predicted octanol–water partition coefficient (Wildman–Crippen LogP) is 2.77. The number of nitrogens with one attached hydrogen (secondary N) is 2. The van der Waals surface area contributed by atoms with Gasteiger partial charge in [-0.2, -0.15) is 8.78 Å². The number of halogens is 5. The van der Waals surface area contributed by atoms with Gasteiger partial charge in [-0.1, -0.05) is 11.6 Å². The lowest BCUT2D eigenvalue weighted by Gasteiger charge is -2.15. The average molecular weight is 299 g/mol. The molecule has 2 N–H and O–H groups in total. The Morgan fingerprint density at radius 3 is 2.37 bits per heavy atom. The van der Waals surface area contributed by atoms with Gasteiger partial charge in [-0.3, -0.25) is 4.79 Å². The van der Waals surface area contributed by atoms with Gasteiger partial charge in [0.1, 0.15) is 0 Å². The molecular weight excluding hydrogens is 288 g/mol. The number of hydrogen-bond donors (Lipinski definition) is 2. The number of benzene rings is 1. The smallest absolute Gasteiger partial charge is 0.319 e. The number of alkyl halides is 4. The van der Waals surface area contributed by atoms with Crippen molar-refractivity contribution in [3.05, 3.63) is 29.3 Å². The number of carbonyl (C=O) groups is 1. The second-order valence-electron chi connectivity index (χ2n) is 3.72. The second-order valence-corrected chi connectivity index (χ2v) is 4.16. The van der Waals surface area contributed by atoms with E-state index in [-0.39, 0.29) is 0 Å². The van der Waals surface area contributed by atoms with E-state index >= 15 is 0 Å². The standard InChI is InChI=1S/C11H11ClF4N2O/c12-7-1-3-8(4-2-7)18-9(19)5-17-6-11(15,16)10(13)14/h1-4,10,17H,5-6H2,(H,18,19). The molecule has 19 heavy (non-hydrogen) atoms. The lowest BCUT2D eigenvalue weighted by atomic mass is 10.3. The molecule has 0 unspecified atom stereocenters. The first-order valence-electron chi connectivity index (χ1n) is 5.23. The molecule has 3 nitrogen and oxygen atoms in total. The molecule has 8 heteroatoms. The Kier molecular flexibility index (Phi) is 5.56. The molecule has 1 aromatic carbocycles. The van der Waals surface area contributed by atoms with Crippen molar-refractivity contribution in [2.24, 2.45) is 0 Å². The highest BCUT2D eigenvalue weighted by Crippen LogP contribution is 2.21. The van der Waals surface area contributed by atoms with Crippen molar-refractivity contribution in [2.75, 3.05) is 18.4 Å². The molecule has 0 aliphatic carbocycles. The van der Waals surface area contributed by atoms with Crippen LogP contribution in [0.2, 0.25) is 5.02 Å². The van der Waals surface area contributed by atoms with Crippen molar-refractivity contribution in [3.63, 3.8) is 0 Å². The fourth-order valence-electron chi connectivity index (χ4n) is 1.16. The molecule has 1 rings (SSSR count). The maximum Gasteiger partial charge on any atom is 0.319 e. The van der Waals surface area contributed by atoms with Crippen LogP contribution in [0.5, 0.6) is 0 Å². The third-order valence-corrected chi connectivity index (χ3v) is 2.35. The Hall–Kier alpha value is -1.34. The highest BCUT2D eigenvalue weighted by molar-refractivity contribution is 6.30. The Morgan fingerprint density at radius 2 is 1.84 bits per heavy atom. The first-order valence-corrected chi connectivity index (χ1v) is 5.61. The normalized spacial score (nSPS) is 11.7. The summed E-state index contributed by atoms with van der Waals surface area (Å²) in [6.07, 6.45) is -3.76. The van der Waals surface area contributed by atoms with Crippen LogP contribution in [-0.2, 0) is 4.79 Å². The Morgan fingerprint density at radius 1 is 1.26 bits per heavy atom. The Bertz CT molecular complexity index is 425. The minimum atomic E-state index is -4.15. The van der Waals surface area contributed by atoms with Gasteiger partial charge in [0.25, 0.3) is 0 Å². The van der Waals surface area contributed by atoms with E-state index in [0.29, 0.717) is 10.7 Å². The van der Waals surface area contributed by atoms with Gasteiger partial charge in [-0.25, -0.2) is 8.78 Å². The molecule has 106 valence electrons. The van der Waals surface area contributed by atoms with E-state index in [1.54, 1.807) is 0 Å². The summed E-state index contributed by atoms with van der Waals surface area (Å²) in [7, 11) is 0. The van der Waals surface area contributed by atoms with Crippen molar-refractivity contribution in [1.29, 1.82) is 0 Å². The van der Waals surface area contributed by atoms with E-state index in [2.05, 4.69) is 5.32 Å². The van der Waals surface area contributed by atoms with Crippen LogP contribution in [0.3, 0.4) is 0 Å². The SMILES string of the molecule is O=C(CNCC(F)(F)C(F)F)Nc1ccc(Cl)cc1. The summed E-state index contributed by atoms with van der Waals surface area (Å²) in [6, 6.07) is 6.12. The highest BCUT2D eigenvalue weighted by atomic mass is 35.5. The van der Waals surface area contributed by atoms with Gasteiger partial charge in [0, 0.05) is 10.7 Å². The van der Waals surface area contributed by atoms with Crippen LogP contribution in [-0.4, -0.2) is 31.3 Å². The van der Waals surface area contributed by atoms with Crippen LogP contribution in [0, 0.1) is 0 Å². The van der Waals surface area contributed by atoms with Crippen LogP contribution >= 0.6 is 11.6 Å². The fraction of sp³-hybridized carbons (Fsp3) is 0.364. The van der Waals surface area contributed by atoms with Gasteiger partial charge in [0.05, 0.1) is 13.1 Å². The van der Waals surface area contributed by atoms with Crippen molar-refractivity contribution in [1.82, 2.24) is 5.32 Å². The molecular formula is C11H11ClF4N2O. The molecule has 0 saturated heterocycles. The molecule has 0 saturated carbocycles. The molecule has 0 aliphatic rings. The molecule has 1 aromatic rings. The third kappa shape index (κ3) is 5.44. The van der Waals surface area contributed by atoms with E-state index in [9.17, 15) is 22.4 Å². The molecule has 0 fully saturated rings. The van der Waals surface area contributed by atoms with E-state index in [4.69, 9.17) is 11.6 Å². The molecule has 0 bridgehead atoms. The number of hydrogen-bond acceptors (Lipinski definition) is 2. The van der Waals surface area contributed by atoms with Crippen molar-refractivity contribution >= 4 is 23.2 Å². The lowest BCUT2D eigenvalue weighted by molar-refractivity contribution is -0.127. The van der Waals surface area contributed by atoms with E-state index in [1.807, 2.05) is 5.32 Å². The molecule has 0 radical (unpaired) electrons. The zero-order valence-electron chi connectivity index (χ0n) is 9.60. The summed E-state index contributed by atoms with van der Waals surface area (Å²) < 4.78 is 48.7. The molecule has 0 heterocycles. The molecule has 1 amide bonds. The monoisotopic (exact) mass is 298 g/mol. The minimum Gasteiger partial charge on any atom is -0.325 e. The number of rotatable bonds is 6. The molecule has 0 aromatic heterocycles. The van der Waals surface area contributed by atoms with E-state index < -0.39 is 31.3 Å². The quantitative estimate of drug-likeness (QED) is 0.793. The number of carbonyl (C=O) groups excluding carboxylic acids is 1. The minimum absolute atomic E-state index is 0.428. The summed E-state index contributed by atoms with van der Waals surface area (Å²) in [6.45, 7) is -1.76. The van der Waals surface area contributed by atoms with Crippen LogP contribution in [0.25, 0.3) is 0 Å². The van der Waals surface area contributed by atoms with E-state index in [1.165, 1.54) is 24.3 Å². The summed E-state index contributed by atoms with van der Waals surface area (Å²) in [5, 5.41) is 4.84. The van der Waals surface area contributed by atoms with Gasteiger partial charge >= 0.3 is 12.3 Å². The molecule has 0 spiro atoms. The summed E-state index contributed by atoms with van der Waals surface area (Å²) >= 11 is 5.63. The summed E-state index contributed by atoms with van der Waals surface area (Å²) in [5.41, 5.74) is 0.428. The zero-order chi connectivity index (χ0) is 14.5. The Labute approximate surface area is 111 Å². The number of amides is 1. The van der Waals surface area contributed by atoms with Crippen LogP contribution in [0.1, 0.15) is 0 Å². The maximum atomic E-state index is 12.5. The van der Waals surface area contributed by atoms with Crippen LogP contribution < -0.4 is 10.6 Å². The van der Waals surface area contributed by atoms with Crippen molar-refractivity contribution in [2.45, 2.75) is 12.3 Å². The van der Waals surface area contributed by atoms with Crippen LogP contribution in [0.15, 0.2) is 24.3 Å².